The number of nitrogens with zero attached hydrogens (tertiary/aromatic N) is 6. The van der Waals surface area contributed by atoms with Crippen LogP contribution in [0.15, 0.2) is 44.5 Å². The fraction of sp³-hybridized carbons (Fsp3) is 0.429. The molecular weight excluding hydrogens is 252 g/mol. The van der Waals surface area contributed by atoms with Gasteiger partial charge in [-0.3, -0.25) is 0 Å². The van der Waals surface area contributed by atoms with Crippen molar-refractivity contribution in [2.24, 2.45) is 20.0 Å². The highest BCUT2D eigenvalue weighted by Gasteiger charge is 2.13. The maximum Gasteiger partial charge on any atom is 0.225 e. The highest BCUT2D eigenvalue weighted by molar-refractivity contribution is 6.21. The minimum atomic E-state index is 0.302. The monoisotopic (exact) mass is 272 g/mol. The Morgan fingerprint density at radius 3 is 1.70 bits per heavy atom. The van der Waals surface area contributed by atoms with Crippen LogP contribution in [0.2, 0.25) is 0 Å². The van der Waals surface area contributed by atoms with E-state index in [1.54, 1.807) is 24.8 Å². The first-order chi connectivity index (χ1) is 9.59. The summed E-state index contributed by atoms with van der Waals surface area (Å²) in [6.45, 7) is 4.18. The second-order valence-corrected chi connectivity index (χ2v) is 4.80. The molecule has 0 bridgehead atoms. The van der Waals surface area contributed by atoms with Gasteiger partial charge in [0.2, 0.25) is 11.9 Å². The van der Waals surface area contributed by atoms with Crippen LogP contribution in [0.1, 0.15) is 13.8 Å². The highest BCUT2D eigenvalue weighted by atomic mass is 15.3. The molecule has 2 unspecified atom stereocenters. The molecule has 6 heteroatoms. The van der Waals surface area contributed by atoms with Gasteiger partial charge in [0, 0.05) is 51.0 Å². The summed E-state index contributed by atoms with van der Waals surface area (Å²) in [5, 5.41) is 0. The summed E-state index contributed by atoms with van der Waals surface area (Å²) >= 11 is 0. The van der Waals surface area contributed by atoms with E-state index < -0.39 is 0 Å². The van der Waals surface area contributed by atoms with Gasteiger partial charge in [-0.2, -0.15) is 0 Å². The molecule has 0 aliphatic carbocycles. The van der Waals surface area contributed by atoms with Crippen molar-refractivity contribution in [3.8, 4) is 0 Å². The van der Waals surface area contributed by atoms with E-state index in [0.717, 1.165) is 0 Å². The summed E-state index contributed by atoms with van der Waals surface area (Å²) in [6, 6.07) is 0.604. The molecule has 0 fully saturated rings. The van der Waals surface area contributed by atoms with E-state index in [0.29, 0.717) is 24.0 Å². The fourth-order valence-electron chi connectivity index (χ4n) is 1.72. The first-order valence-corrected chi connectivity index (χ1v) is 6.61. The zero-order chi connectivity index (χ0) is 14.5. The second kappa shape index (κ2) is 6.27. The van der Waals surface area contributed by atoms with Crippen LogP contribution in [0.3, 0.4) is 0 Å². The van der Waals surface area contributed by atoms with Gasteiger partial charge in [-0.25, -0.2) is 20.0 Å². The third-order valence-corrected chi connectivity index (χ3v) is 3.41. The summed E-state index contributed by atoms with van der Waals surface area (Å²) in [5.41, 5.74) is 0. The Balaban J connectivity index is 1.98. The minimum absolute atomic E-state index is 0.302. The molecule has 0 aromatic heterocycles. The van der Waals surface area contributed by atoms with Gasteiger partial charge in [0.1, 0.15) is 0 Å². The zero-order valence-electron chi connectivity index (χ0n) is 12.3. The molecule has 0 aromatic rings. The van der Waals surface area contributed by atoms with Crippen LogP contribution in [0.4, 0.5) is 0 Å². The van der Waals surface area contributed by atoms with E-state index in [1.165, 1.54) is 0 Å². The number of guanidine groups is 2. The molecule has 2 rings (SSSR count). The topological polar surface area (TPSA) is 55.9 Å². The fourth-order valence-corrected chi connectivity index (χ4v) is 1.72. The lowest BCUT2D eigenvalue weighted by Gasteiger charge is -2.25. The second-order valence-electron chi connectivity index (χ2n) is 4.80. The molecule has 0 radical (unpaired) electrons. The van der Waals surface area contributed by atoms with Crippen LogP contribution >= 0.6 is 0 Å². The number of hydrogen-bond acceptors (Lipinski definition) is 6. The van der Waals surface area contributed by atoms with Gasteiger partial charge in [-0.1, -0.05) is 0 Å². The normalized spacial score (nSPS) is 26.6. The van der Waals surface area contributed by atoms with Crippen LogP contribution in [0, 0.1) is 0 Å². The van der Waals surface area contributed by atoms with Crippen LogP contribution in [0.25, 0.3) is 0 Å². The van der Waals surface area contributed by atoms with Crippen molar-refractivity contribution in [1.29, 1.82) is 0 Å². The van der Waals surface area contributed by atoms with Gasteiger partial charge in [-0.15, -0.1) is 0 Å². The summed E-state index contributed by atoms with van der Waals surface area (Å²) in [7, 11) is 3.93. The molecule has 2 aliphatic rings. The van der Waals surface area contributed by atoms with E-state index in [1.807, 2.05) is 36.0 Å². The van der Waals surface area contributed by atoms with E-state index in [-0.39, 0.29) is 0 Å². The Morgan fingerprint density at radius 1 is 0.900 bits per heavy atom. The first-order valence-electron chi connectivity index (χ1n) is 6.61. The number of rotatable bonds is 1. The molecule has 2 heterocycles. The lowest BCUT2D eigenvalue weighted by Crippen LogP contribution is -2.35. The maximum absolute atomic E-state index is 4.30. The van der Waals surface area contributed by atoms with Crippen molar-refractivity contribution in [3.05, 3.63) is 24.6 Å². The Morgan fingerprint density at radius 2 is 1.30 bits per heavy atom. The number of hydrogen-bond donors (Lipinski definition) is 0. The number of aliphatic imine (C=N–C) groups is 4. The van der Waals surface area contributed by atoms with Gasteiger partial charge in [0.05, 0.1) is 0 Å². The lowest BCUT2D eigenvalue weighted by molar-refractivity contribution is 0.441. The zero-order valence-corrected chi connectivity index (χ0v) is 12.3. The molecule has 106 valence electrons. The molecule has 0 spiro atoms. The molecule has 20 heavy (non-hydrogen) atoms. The largest absolute Gasteiger partial charge is 0.338 e. The van der Waals surface area contributed by atoms with Crippen LogP contribution < -0.4 is 0 Å². The lowest BCUT2D eigenvalue weighted by atomic mass is 10.3. The van der Waals surface area contributed by atoms with Crippen molar-refractivity contribution >= 4 is 24.3 Å². The summed E-state index contributed by atoms with van der Waals surface area (Å²) in [5.74, 6) is 1.36. The Hall–Kier alpha value is -2.24. The van der Waals surface area contributed by atoms with E-state index >= 15 is 0 Å². The van der Waals surface area contributed by atoms with E-state index in [2.05, 4.69) is 33.8 Å². The average Bonchev–Trinajstić information content (AvgIpc) is 2.43. The van der Waals surface area contributed by atoms with Crippen molar-refractivity contribution < 1.29 is 0 Å². The molecule has 0 saturated carbocycles. The van der Waals surface area contributed by atoms with Crippen molar-refractivity contribution in [2.75, 3.05) is 14.1 Å². The van der Waals surface area contributed by atoms with E-state index in [9.17, 15) is 0 Å². The van der Waals surface area contributed by atoms with Gasteiger partial charge in [-0.05, 0) is 26.0 Å². The molecule has 0 aromatic carbocycles. The SMILES string of the molecule is CC1C=CN=C(N=CC=NC2=NC=CC(C)N2C)N1C. The Labute approximate surface area is 119 Å². The third kappa shape index (κ3) is 3.20. The van der Waals surface area contributed by atoms with Crippen molar-refractivity contribution in [1.82, 2.24) is 9.80 Å². The molecule has 2 atom stereocenters. The summed E-state index contributed by atoms with van der Waals surface area (Å²) in [4.78, 5) is 21.0. The van der Waals surface area contributed by atoms with Gasteiger partial charge in [0.25, 0.3) is 0 Å². The van der Waals surface area contributed by atoms with Crippen LogP contribution in [-0.2, 0) is 0 Å². The van der Waals surface area contributed by atoms with Gasteiger partial charge in [0.15, 0.2) is 0 Å². The summed E-state index contributed by atoms with van der Waals surface area (Å²) in [6.07, 6.45) is 10.9. The molecule has 0 saturated heterocycles. The highest BCUT2D eigenvalue weighted by Crippen LogP contribution is 2.07. The van der Waals surface area contributed by atoms with Crippen molar-refractivity contribution in [3.63, 3.8) is 0 Å². The predicted octanol–water partition coefficient (Wildman–Crippen LogP) is 1.54. The molecule has 0 amide bonds. The van der Waals surface area contributed by atoms with E-state index in [4.69, 9.17) is 0 Å². The van der Waals surface area contributed by atoms with Crippen molar-refractivity contribution in [2.45, 2.75) is 25.9 Å². The van der Waals surface area contributed by atoms with Crippen LogP contribution in [0.5, 0.6) is 0 Å². The molecular formula is C14H20N6. The van der Waals surface area contributed by atoms with Gasteiger partial charge >= 0.3 is 0 Å². The average molecular weight is 272 g/mol. The minimum Gasteiger partial charge on any atom is -0.338 e. The molecule has 0 N–H and O–H groups in total. The standard InChI is InChI=1S/C14H20N6/c1-11-5-7-15-13(19(11)3)17-9-10-18-14-16-8-6-12(2)20(14)4/h5-12H,1-4H3. The van der Waals surface area contributed by atoms with Gasteiger partial charge < -0.3 is 9.80 Å². The number of likely N-dealkylation sites (N-methyl/N-ethyl adjacent to an activating group) is 2. The first kappa shape index (κ1) is 14.2. The Bertz CT molecular complexity index is 478. The summed E-state index contributed by atoms with van der Waals surface area (Å²) < 4.78 is 0. The molecule has 2 aliphatic heterocycles. The predicted molar refractivity (Wildman–Crippen MR) is 84.6 cm³/mol. The smallest absolute Gasteiger partial charge is 0.225 e. The third-order valence-electron chi connectivity index (χ3n) is 3.41. The quantitative estimate of drug-likeness (QED) is 0.680. The molecule has 6 nitrogen and oxygen atoms in total. The maximum atomic E-state index is 4.30. The Kier molecular flexibility index (Phi) is 4.45. The van der Waals surface area contributed by atoms with Crippen LogP contribution in [-0.4, -0.2) is 60.3 Å².